The molecule has 0 spiro atoms. The van der Waals surface area contributed by atoms with E-state index in [2.05, 4.69) is 10.3 Å². The number of pyridine rings is 1. The number of hydrogen-bond donors (Lipinski definition) is 1. The molecule has 0 fully saturated rings. The van der Waals surface area contributed by atoms with Crippen molar-refractivity contribution in [1.29, 1.82) is 0 Å². The fraction of sp³-hybridized carbons (Fsp3) is 0.182. The molecule has 2 heterocycles. The molecular weight excluding hydrogens is 418 g/mol. The highest BCUT2D eigenvalue weighted by atomic mass is 32.2. The maximum Gasteiger partial charge on any atom is 0.245 e. The van der Waals surface area contributed by atoms with Crippen molar-refractivity contribution in [3.8, 4) is 11.5 Å². The Balaban J connectivity index is 1.43. The molecule has 2 aromatic carbocycles. The van der Waals surface area contributed by atoms with Crippen LogP contribution in [0, 0.1) is 0 Å². The molecular formula is C22H21N3O5S. The molecule has 0 bridgehead atoms. The number of sulfonamides is 1. The van der Waals surface area contributed by atoms with Crippen molar-refractivity contribution in [3.63, 3.8) is 0 Å². The second-order valence-electron chi connectivity index (χ2n) is 7.08. The third-order valence-corrected chi connectivity index (χ3v) is 5.87. The van der Waals surface area contributed by atoms with Gasteiger partial charge in [-0.1, -0.05) is 12.1 Å². The summed E-state index contributed by atoms with van der Waals surface area (Å²) in [5.41, 5.74) is 3.14. The van der Waals surface area contributed by atoms with E-state index in [1.165, 1.54) is 0 Å². The molecule has 1 amide bonds. The largest absolute Gasteiger partial charge is 0.454 e. The van der Waals surface area contributed by atoms with Crippen LogP contribution in [-0.2, 0) is 21.2 Å². The second-order valence-corrected chi connectivity index (χ2v) is 8.99. The lowest BCUT2D eigenvalue weighted by molar-refractivity contribution is -0.114. The van der Waals surface area contributed by atoms with Gasteiger partial charge in [0.1, 0.15) is 6.54 Å². The summed E-state index contributed by atoms with van der Waals surface area (Å²) in [7, 11) is -3.69. The number of nitrogens with one attached hydrogen (secondary N) is 1. The Bertz CT molecular complexity index is 1180. The summed E-state index contributed by atoms with van der Waals surface area (Å²) < 4.78 is 36.2. The van der Waals surface area contributed by atoms with E-state index in [0.717, 1.165) is 28.1 Å². The number of fused-ring (bicyclic) bond motifs is 1. The van der Waals surface area contributed by atoms with Crippen LogP contribution in [0.3, 0.4) is 0 Å². The van der Waals surface area contributed by atoms with E-state index in [1.54, 1.807) is 42.7 Å². The minimum absolute atomic E-state index is 0.0787. The van der Waals surface area contributed by atoms with E-state index in [9.17, 15) is 13.2 Å². The smallest absolute Gasteiger partial charge is 0.245 e. The fourth-order valence-corrected chi connectivity index (χ4v) is 4.06. The Kier molecular flexibility index (Phi) is 5.77. The van der Waals surface area contributed by atoms with E-state index in [-0.39, 0.29) is 13.3 Å². The van der Waals surface area contributed by atoms with Crippen LogP contribution in [0.25, 0.3) is 0 Å². The SMILES string of the molecule is CS(=O)(=O)N(CC(=O)Nc1ccc(Cc2ccncc2)cc1)c1ccc2c(c1)OCO2. The van der Waals surface area contributed by atoms with Gasteiger partial charge in [0, 0.05) is 24.1 Å². The summed E-state index contributed by atoms with van der Waals surface area (Å²) in [6.45, 7) is -0.285. The zero-order valence-electron chi connectivity index (χ0n) is 16.8. The van der Waals surface area contributed by atoms with Gasteiger partial charge in [-0.05, 0) is 53.9 Å². The highest BCUT2D eigenvalue weighted by molar-refractivity contribution is 7.92. The average Bonchev–Trinajstić information content (AvgIpc) is 3.21. The van der Waals surface area contributed by atoms with Gasteiger partial charge in [0.15, 0.2) is 11.5 Å². The zero-order valence-corrected chi connectivity index (χ0v) is 17.6. The highest BCUT2D eigenvalue weighted by Gasteiger charge is 2.23. The van der Waals surface area contributed by atoms with Gasteiger partial charge in [0.05, 0.1) is 11.9 Å². The Morgan fingerprint density at radius 3 is 2.39 bits per heavy atom. The first kappa shape index (κ1) is 20.7. The molecule has 1 aliphatic rings. The summed E-state index contributed by atoms with van der Waals surface area (Å²) in [5.74, 6) is 0.523. The normalized spacial score (nSPS) is 12.4. The maximum atomic E-state index is 12.6. The number of benzene rings is 2. The molecule has 1 aromatic heterocycles. The molecule has 0 aliphatic carbocycles. The molecule has 1 N–H and O–H groups in total. The third-order valence-electron chi connectivity index (χ3n) is 4.73. The Morgan fingerprint density at radius 1 is 1.00 bits per heavy atom. The Hall–Kier alpha value is -3.59. The van der Waals surface area contributed by atoms with Crippen LogP contribution < -0.4 is 19.1 Å². The van der Waals surface area contributed by atoms with Crippen LogP contribution in [0.4, 0.5) is 11.4 Å². The number of ether oxygens (including phenoxy) is 2. The summed E-state index contributed by atoms with van der Waals surface area (Å²) in [4.78, 5) is 16.6. The molecule has 31 heavy (non-hydrogen) atoms. The van der Waals surface area contributed by atoms with Gasteiger partial charge >= 0.3 is 0 Å². The van der Waals surface area contributed by atoms with Gasteiger partial charge in [-0.15, -0.1) is 0 Å². The Labute approximate surface area is 180 Å². The van der Waals surface area contributed by atoms with E-state index in [0.29, 0.717) is 22.9 Å². The topological polar surface area (TPSA) is 97.8 Å². The van der Waals surface area contributed by atoms with Crippen molar-refractivity contribution in [2.45, 2.75) is 6.42 Å². The number of nitrogens with zero attached hydrogens (tertiary/aromatic N) is 2. The molecule has 0 unspecified atom stereocenters. The van der Waals surface area contributed by atoms with Crippen LogP contribution in [0.2, 0.25) is 0 Å². The zero-order chi connectivity index (χ0) is 21.8. The minimum atomic E-state index is -3.69. The van der Waals surface area contributed by atoms with Crippen LogP contribution in [0.5, 0.6) is 11.5 Å². The van der Waals surface area contributed by atoms with E-state index in [4.69, 9.17) is 9.47 Å². The molecule has 4 rings (SSSR count). The lowest BCUT2D eigenvalue weighted by Gasteiger charge is -2.22. The second kappa shape index (κ2) is 8.65. The fourth-order valence-electron chi connectivity index (χ4n) is 3.21. The first-order valence-corrected chi connectivity index (χ1v) is 11.4. The van der Waals surface area contributed by atoms with Crippen molar-refractivity contribution in [2.24, 2.45) is 0 Å². The lowest BCUT2D eigenvalue weighted by Crippen LogP contribution is -2.37. The summed E-state index contributed by atoms with van der Waals surface area (Å²) in [5, 5.41) is 2.75. The Morgan fingerprint density at radius 2 is 1.68 bits per heavy atom. The quantitative estimate of drug-likeness (QED) is 0.608. The standard InChI is InChI=1S/C22H21N3O5S/c1-31(27,28)25(19-6-7-20-21(13-19)30-15-29-20)14-22(26)24-18-4-2-16(3-5-18)12-17-8-10-23-11-9-17/h2-11,13H,12,14-15H2,1H3,(H,24,26). The summed E-state index contributed by atoms with van der Waals surface area (Å²) >= 11 is 0. The van der Waals surface area contributed by atoms with Gasteiger partial charge in [-0.3, -0.25) is 14.1 Å². The van der Waals surface area contributed by atoms with Crippen molar-refractivity contribution in [1.82, 2.24) is 4.98 Å². The first-order valence-electron chi connectivity index (χ1n) is 9.53. The van der Waals surface area contributed by atoms with Crippen LogP contribution in [-0.4, -0.2) is 38.9 Å². The van der Waals surface area contributed by atoms with Gasteiger partial charge in [-0.25, -0.2) is 8.42 Å². The molecule has 9 heteroatoms. The number of carbonyl (C=O) groups is 1. The van der Waals surface area contributed by atoms with Gasteiger partial charge in [-0.2, -0.15) is 0 Å². The molecule has 1 aliphatic heterocycles. The average molecular weight is 439 g/mol. The van der Waals surface area contributed by atoms with Crippen LogP contribution in [0.1, 0.15) is 11.1 Å². The van der Waals surface area contributed by atoms with E-state index < -0.39 is 15.9 Å². The number of aromatic nitrogens is 1. The molecule has 0 saturated carbocycles. The molecule has 0 saturated heterocycles. The first-order chi connectivity index (χ1) is 14.9. The molecule has 0 radical (unpaired) electrons. The monoisotopic (exact) mass is 439 g/mol. The summed E-state index contributed by atoms with van der Waals surface area (Å²) in [6.07, 6.45) is 5.30. The predicted octanol–water partition coefficient (Wildman–Crippen LogP) is 2.81. The lowest BCUT2D eigenvalue weighted by atomic mass is 10.1. The van der Waals surface area contributed by atoms with Crippen LogP contribution in [0.15, 0.2) is 67.0 Å². The number of rotatable bonds is 7. The number of amides is 1. The van der Waals surface area contributed by atoms with Crippen LogP contribution >= 0.6 is 0 Å². The molecule has 160 valence electrons. The summed E-state index contributed by atoms with van der Waals surface area (Å²) in [6, 6.07) is 16.1. The van der Waals surface area contributed by atoms with Crippen molar-refractivity contribution < 1.29 is 22.7 Å². The predicted molar refractivity (Wildman–Crippen MR) is 117 cm³/mol. The molecule has 8 nitrogen and oxygen atoms in total. The van der Waals surface area contributed by atoms with E-state index >= 15 is 0 Å². The van der Waals surface area contributed by atoms with Gasteiger partial charge in [0.2, 0.25) is 22.7 Å². The third kappa shape index (κ3) is 5.13. The molecule has 3 aromatic rings. The minimum Gasteiger partial charge on any atom is -0.454 e. The van der Waals surface area contributed by atoms with Gasteiger partial charge in [0.25, 0.3) is 0 Å². The number of hydrogen-bond acceptors (Lipinski definition) is 6. The maximum absolute atomic E-state index is 12.6. The number of carbonyl (C=O) groups excluding carboxylic acids is 1. The van der Waals surface area contributed by atoms with Crippen molar-refractivity contribution in [3.05, 3.63) is 78.1 Å². The molecule has 0 atom stereocenters. The highest BCUT2D eigenvalue weighted by Crippen LogP contribution is 2.36. The number of anilines is 2. The van der Waals surface area contributed by atoms with Gasteiger partial charge < -0.3 is 14.8 Å². The van der Waals surface area contributed by atoms with Crippen molar-refractivity contribution >= 4 is 27.3 Å². The van der Waals surface area contributed by atoms with E-state index in [1.807, 2.05) is 24.3 Å². The van der Waals surface area contributed by atoms with Crippen molar-refractivity contribution in [2.75, 3.05) is 29.2 Å².